The molecule has 0 unspecified atom stereocenters. The second-order valence-electron chi connectivity index (χ2n) is 4.83. The van der Waals surface area contributed by atoms with Gasteiger partial charge in [-0.05, 0) is 0 Å². The molecule has 0 aliphatic rings. The Hall–Kier alpha value is -3.01. The van der Waals surface area contributed by atoms with Crippen molar-refractivity contribution in [2.24, 2.45) is 0 Å². The van der Waals surface area contributed by atoms with Gasteiger partial charge in [0.05, 0.1) is 5.69 Å². The zero-order chi connectivity index (χ0) is 14.2. The number of rotatable bonds is 1. The standard InChI is InChI=1S/C17H12N4/c18-17-16-15(19-10-20-17)13-9-5-4-8-12(13)14(21-16)11-6-2-1-3-7-11/h1-10H,(H2,18,19,20). The van der Waals surface area contributed by atoms with Crippen LogP contribution in [0.25, 0.3) is 33.1 Å². The topological polar surface area (TPSA) is 64.7 Å². The zero-order valence-corrected chi connectivity index (χ0v) is 11.2. The SMILES string of the molecule is Nc1ncnc2c1nc(-c1ccccc1)c1ccccc12. The van der Waals surface area contributed by atoms with Gasteiger partial charge in [-0.15, -0.1) is 0 Å². The second-order valence-corrected chi connectivity index (χ2v) is 4.83. The minimum Gasteiger partial charge on any atom is -0.382 e. The quantitative estimate of drug-likeness (QED) is 0.539. The zero-order valence-electron chi connectivity index (χ0n) is 11.2. The number of anilines is 1. The minimum absolute atomic E-state index is 0.405. The molecule has 0 amide bonds. The highest BCUT2D eigenvalue weighted by Crippen LogP contribution is 2.32. The van der Waals surface area contributed by atoms with Crippen LogP contribution in [-0.4, -0.2) is 15.0 Å². The van der Waals surface area contributed by atoms with Gasteiger partial charge in [0.15, 0.2) is 5.82 Å². The molecule has 4 nitrogen and oxygen atoms in total. The minimum atomic E-state index is 0.405. The van der Waals surface area contributed by atoms with Crippen molar-refractivity contribution >= 4 is 27.6 Å². The average molecular weight is 272 g/mol. The van der Waals surface area contributed by atoms with Crippen molar-refractivity contribution in [3.63, 3.8) is 0 Å². The van der Waals surface area contributed by atoms with E-state index in [2.05, 4.69) is 16.0 Å². The van der Waals surface area contributed by atoms with Crippen LogP contribution in [0.3, 0.4) is 0 Å². The number of pyridine rings is 1. The molecule has 4 aromatic rings. The molecule has 2 aromatic heterocycles. The Morgan fingerprint density at radius 3 is 2.24 bits per heavy atom. The van der Waals surface area contributed by atoms with E-state index in [1.54, 1.807) is 0 Å². The molecule has 2 N–H and O–H groups in total. The molecule has 0 radical (unpaired) electrons. The fourth-order valence-corrected chi connectivity index (χ4v) is 2.58. The van der Waals surface area contributed by atoms with Gasteiger partial charge in [0, 0.05) is 16.3 Å². The van der Waals surface area contributed by atoms with E-state index in [0.717, 1.165) is 27.5 Å². The maximum Gasteiger partial charge on any atom is 0.153 e. The van der Waals surface area contributed by atoms with Crippen LogP contribution in [0, 0.1) is 0 Å². The van der Waals surface area contributed by atoms with E-state index in [4.69, 9.17) is 10.7 Å². The Bertz CT molecular complexity index is 949. The largest absolute Gasteiger partial charge is 0.382 e. The van der Waals surface area contributed by atoms with E-state index in [9.17, 15) is 0 Å². The lowest BCUT2D eigenvalue weighted by molar-refractivity contribution is 1.21. The number of hydrogen-bond acceptors (Lipinski definition) is 4. The monoisotopic (exact) mass is 272 g/mol. The van der Waals surface area contributed by atoms with Gasteiger partial charge in [0.25, 0.3) is 0 Å². The van der Waals surface area contributed by atoms with Crippen molar-refractivity contribution < 1.29 is 0 Å². The van der Waals surface area contributed by atoms with E-state index >= 15 is 0 Å². The fraction of sp³-hybridized carbons (Fsp3) is 0. The van der Waals surface area contributed by atoms with Crippen molar-refractivity contribution in [2.45, 2.75) is 0 Å². The van der Waals surface area contributed by atoms with Gasteiger partial charge in [-0.25, -0.2) is 15.0 Å². The van der Waals surface area contributed by atoms with E-state index < -0.39 is 0 Å². The lowest BCUT2D eigenvalue weighted by Gasteiger charge is -2.09. The fourth-order valence-electron chi connectivity index (χ4n) is 2.58. The Kier molecular flexibility index (Phi) is 2.54. The number of hydrogen-bond donors (Lipinski definition) is 1. The molecule has 2 heterocycles. The molecule has 0 aliphatic heterocycles. The highest BCUT2D eigenvalue weighted by atomic mass is 14.9. The van der Waals surface area contributed by atoms with Crippen molar-refractivity contribution in [1.29, 1.82) is 0 Å². The maximum atomic E-state index is 5.98. The molecule has 0 fully saturated rings. The van der Waals surface area contributed by atoms with Crippen LogP contribution >= 0.6 is 0 Å². The van der Waals surface area contributed by atoms with Gasteiger partial charge < -0.3 is 5.73 Å². The number of fused-ring (bicyclic) bond motifs is 3. The van der Waals surface area contributed by atoms with Gasteiger partial charge in [-0.1, -0.05) is 54.6 Å². The van der Waals surface area contributed by atoms with Gasteiger partial charge >= 0.3 is 0 Å². The Labute approximate surface area is 121 Å². The van der Waals surface area contributed by atoms with Crippen LogP contribution < -0.4 is 5.73 Å². The van der Waals surface area contributed by atoms with Crippen LogP contribution in [0.1, 0.15) is 0 Å². The summed E-state index contributed by atoms with van der Waals surface area (Å²) in [7, 11) is 0. The van der Waals surface area contributed by atoms with Crippen molar-refractivity contribution in [3.05, 3.63) is 60.9 Å². The first-order valence-corrected chi connectivity index (χ1v) is 6.69. The molecule has 4 heteroatoms. The Morgan fingerprint density at radius 1 is 0.714 bits per heavy atom. The molecular formula is C17H12N4. The van der Waals surface area contributed by atoms with Crippen LogP contribution in [0.2, 0.25) is 0 Å². The molecule has 0 aliphatic carbocycles. The predicted molar refractivity (Wildman–Crippen MR) is 84.7 cm³/mol. The first kappa shape index (κ1) is 11.8. The van der Waals surface area contributed by atoms with Gasteiger partial charge in [-0.2, -0.15) is 0 Å². The van der Waals surface area contributed by atoms with E-state index in [1.165, 1.54) is 6.33 Å². The Morgan fingerprint density at radius 2 is 1.43 bits per heavy atom. The van der Waals surface area contributed by atoms with Crippen molar-refractivity contribution in [1.82, 2.24) is 15.0 Å². The lowest BCUT2D eigenvalue weighted by Crippen LogP contribution is -1.98. The summed E-state index contributed by atoms with van der Waals surface area (Å²) in [6.07, 6.45) is 1.48. The molecular weight excluding hydrogens is 260 g/mol. The number of nitrogens with zero attached hydrogens (tertiary/aromatic N) is 3. The molecule has 0 spiro atoms. The third kappa shape index (κ3) is 1.80. The average Bonchev–Trinajstić information content (AvgIpc) is 2.55. The van der Waals surface area contributed by atoms with E-state index in [-0.39, 0.29) is 0 Å². The summed E-state index contributed by atoms with van der Waals surface area (Å²) in [6, 6.07) is 18.2. The molecule has 4 rings (SSSR count). The normalized spacial score (nSPS) is 11.0. The summed E-state index contributed by atoms with van der Waals surface area (Å²) in [6.45, 7) is 0. The van der Waals surface area contributed by atoms with Gasteiger partial charge in [0.1, 0.15) is 17.4 Å². The third-order valence-corrected chi connectivity index (χ3v) is 3.56. The van der Waals surface area contributed by atoms with E-state index in [0.29, 0.717) is 11.3 Å². The molecule has 21 heavy (non-hydrogen) atoms. The summed E-state index contributed by atoms with van der Waals surface area (Å²) in [5, 5.41) is 2.10. The van der Waals surface area contributed by atoms with Crippen LogP contribution in [-0.2, 0) is 0 Å². The third-order valence-electron chi connectivity index (χ3n) is 3.56. The van der Waals surface area contributed by atoms with Crippen molar-refractivity contribution in [3.8, 4) is 11.3 Å². The molecule has 0 saturated carbocycles. The van der Waals surface area contributed by atoms with Crippen molar-refractivity contribution in [2.75, 3.05) is 5.73 Å². The molecule has 0 saturated heterocycles. The molecule has 0 atom stereocenters. The second kappa shape index (κ2) is 4.52. The molecule has 100 valence electrons. The highest BCUT2D eigenvalue weighted by molar-refractivity contribution is 6.10. The van der Waals surface area contributed by atoms with Gasteiger partial charge in [-0.3, -0.25) is 0 Å². The van der Waals surface area contributed by atoms with Gasteiger partial charge in [0.2, 0.25) is 0 Å². The predicted octanol–water partition coefficient (Wildman–Crippen LogP) is 3.43. The first-order valence-electron chi connectivity index (χ1n) is 6.69. The summed E-state index contributed by atoms with van der Waals surface area (Å²) in [5.74, 6) is 0.405. The van der Waals surface area contributed by atoms with Crippen LogP contribution in [0.4, 0.5) is 5.82 Å². The van der Waals surface area contributed by atoms with Crippen LogP contribution in [0.15, 0.2) is 60.9 Å². The lowest BCUT2D eigenvalue weighted by atomic mass is 10.0. The number of nitrogens with two attached hydrogens (primary N) is 1. The smallest absolute Gasteiger partial charge is 0.153 e. The Balaban J connectivity index is 2.21. The highest BCUT2D eigenvalue weighted by Gasteiger charge is 2.12. The van der Waals surface area contributed by atoms with Crippen LogP contribution in [0.5, 0.6) is 0 Å². The molecule has 2 aromatic carbocycles. The van der Waals surface area contributed by atoms with E-state index in [1.807, 2.05) is 48.5 Å². The number of nitrogen functional groups attached to an aromatic ring is 1. The summed E-state index contributed by atoms with van der Waals surface area (Å²) < 4.78 is 0. The molecule has 0 bridgehead atoms. The first-order chi connectivity index (χ1) is 10.3. The number of aromatic nitrogens is 3. The number of benzene rings is 2. The maximum absolute atomic E-state index is 5.98. The summed E-state index contributed by atoms with van der Waals surface area (Å²) in [4.78, 5) is 13.1. The summed E-state index contributed by atoms with van der Waals surface area (Å²) >= 11 is 0. The summed E-state index contributed by atoms with van der Waals surface area (Å²) in [5.41, 5.74) is 9.38.